The Labute approximate surface area is 84.0 Å². The molecule has 0 aromatic heterocycles. The first kappa shape index (κ1) is 8.64. The molecule has 0 fully saturated rings. The first-order valence-electron chi connectivity index (χ1n) is 4.41. The molecule has 13 heavy (non-hydrogen) atoms. The third kappa shape index (κ3) is 1.44. The molecule has 0 spiro atoms. The average molecular weight is 188 g/mol. The summed E-state index contributed by atoms with van der Waals surface area (Å²) in [6.07, 6.45) is 0. The van der Waals surface area contributed by atoms with Gasteiger partial charge in [0.05, 0.1) is 0 Å². The minimum absolute atomic E-state index is 0.816. The van der Waals surface area contributed by atoms with E-state index in [0.717, 1.165) is 5.75 Å². The molecular formula is C12H12S. The van der Waals surface area contributed by atoms with Gasteiger partial charge < -0.3 is 0 Å². The highest BCUT2D eigenvalue weighted by Crippen LogP contribution is 2.22. The van der Waals surface area contributed by atoms with E-state index >= 15 is 0 Å². The molecule has 2 aromatic rings. The van der Waals surface area contributed by atoms with Crippen molar-refractivity contribution in [3.63, 3.8) is 0 Å². The van der Waals surface area contributed by atoms with Crippen molar-refractivity contribution < 1.29 is 0 Å². The van der Waals surface area contributed by atoms with E-state index in [2.05, 4.69) is 56.0 Å². The third-order valence-corrected chi connectivity index (χ3v) is 2.82. The number of fused-ring (bicyclic) bond motifs is 1. The van der Waals surface area contributed by atoms with Crippen LogP contribution in [0.2, 0.25) is 0 Å². The topological polar surface area (TPSA) is 0 Å². The standard InChI is InChI=1S/C12H12S/c1-9-11(8-13)7-6-10-4-2-3-5-12(9)10/h2-7,13H,8H2,1H3. The molecule has 2 rings (SSSR count). The summed E-state index contributed by atoms with van der Waals surface area (Å²) < 4.78 is 0. The van der Waals surface area contributed by atoms with E-state index in [4.69, 9.17) is 0 Å². The van der Waals surface area contributed by atoms with E-state index in [9.17, 15) is 0 Å². The van der Waals surface area contributed by atoms with Crippen LogP contribution in [0.25, 0.3) is 10.8 Å². The van der Waals surface area contributed by atoms with Crippen LogP contribution < -0.4 is 0 Å². The molecule has 0 unspecified atom stereocenters. The number of aryl methyl sites for hydroxylation is 1. The van der Waals surface area contributed by atoms with E-state index < -0.39 is 0 Å². The molecule has 0 heterocycles. The molecule has 0 N–H and O–H groups in total. The van der Waals surface area contributed by atoms with Crippen molar-refractivity contribution in [3.8, 4) is 0 Å². The number of rotatable bonds is 1. The summed E-state index contributed by atoms with van der Waals surface area (Å²) in [5, 5.41) is 2.65. The van der Waals surface area contributed by atoms with Gasteiger partial charge in [0.25, 0.3) is 0 Å². The van der Waals surface area contributed by atoms with Crippen molar-refractivity contribution >= 4 is 23.4 Å². The molecule has 1 heteroatoms. The van der Waals surface area contributed by atoms with Crippen LogP contribution in [-0.4, -0.2) is 0 Å². The molecule has 2 aromatic carbocycles. The Morgan fingerprint density at radius 3 is 2.62 bits per heavy atom. The molecule has 0 atom stereocenters. The van der Waals surface area contributed by atoms with E-state index in [0.29, 0.717) is 0 Å². The highest BCUT2D eigenvalue weighted by Gasteiger charge is 2.00. The Hall–Kier alpha value is -0.950. The fourth-order valence-electron chi connectivity index (χ4n) is 1.64. The van der Waals surface area contributed by atoms with Crippen molar-refractivity contribution in [1.29, 1.82) is 0 Å². The predicted molar refractivity (Wildman–Crippen MR) is 61.4 cm³/mol. The summed E-state index contributed by atoms with van der Waals surface area (Å²) in [5.74, 6) is 0.816. The van der Waals surface area contributed by atoms with Gasteiger partial charge in [0.2, 0.25) is 0 Å². The molecule has 0 aliphatic rings. The van der Waals surface area contributed by atoms with Crippen molar-refractivity contribution in [2.75, 3.05) is 0 Å². The summed E-state index contributed by atoms with van der Waals surface area (Å²) in [7, 11) is 0. The Bertz CT molecular complexity index is 432. The smallest absolute Gasteiger partial charge is 0.0157 e. The highest BCUT2D eigenvalue weighted by molar-refractivity contribution is 7.79. The zero-order chi connectivity index (χ0) is 9.26. The van der Waals surface area contributed by atoms with Crippen LogP contribution in [-0.2, 0) is 5.75 Å². The van der Waals surface area contributed by atoms with Gasteiger partial charge >= 0.3 is 0 Å². The summed E-state index contributed by atoms with van der Waals surface area (Å²) >= 11 is 4.31. The zero-order valence-corrected chi connectivity index (χ0v) is 8.51. The van der Waals surface area contributed by atoms with Crippen LogP contribution >= 0.6 is 12.6 Å². The van der Waals surface area contributed by atoms with Gasteiger partial charge in [0.15, 0.2) is 0 Å². The maximum atomic E-state index is 4.31. The fraction of sp³-hybridized carbons (Fsp3) is 0.167. The number of benzene rings is 2. The number of hydrogen-bond donors (Lipinski definition) is 1. The summed E-state index contributed by atoms with van der Waals surface area (Å²) in [5.41, 5.74) is 2.68. The predicted octanol–water partition coefficient (Wildman–Crippen LogP) is 3.58. The molecule has 0 saturated carbocycles. The Morgan fingerprint density at radius 2 is 1.85 bits per heavy atom. The Kier molecular flexibility index (Phi) is 2.28. The molecule has 66 valence electrons. The van der Waals surface area contributed by atoms with E-state index in [1.807, 2.05) is 0 Å². The van der Waals surface area contributed by atoms with Gasteiger partial charge in [0, 0.05) is 5.75 Å². The largest absolute Gasteiger partial charge is 0.175 e. The quantitative estimate of drug-likeness (QED) is 0.650. The maximum Gasteiger partial charge on any atom is 0.0157 e. The average Bonchev–Trinajstić information content (AvgIpc) is 2.19. The minimum atomic E-state index is 0.816. The maximum absolute atomic E-state index is 4.31. The van der Waals surface area contributed by atoms with Gasteiger partial charge in [-0.3, -0.25) is 0 Å². The second kappa shape index (κ2) is 3.43. The van der Waals surface area contributed by atoms with E-state index in [1.54, 1.807) is 0 Å². The second-order valence-corrected chi connectivity index (χ2v) is 3.55. The highest BCUT2D eigenvalue weighted by atomic mass is 32.1. The molecule has 0 nitrogen and oxygen atoms in total. The lowest BCUT2D eigenvalue weighted by atomic mass is 10.0. The van der Waals surface area contributed by atoms with Gasteiger partial charge in [-0.25, -0.2) is 0 Å². The second-order valence-electron chi connectivity index (χ2n) is 3.23. The van der Waals surface area contributed by atoms with Gasteiger partial charge in [-0.15, -0.1) is 0 Å². The molecule has 0 aliphatic heterocycles. The summed E-state index contributed by atoms with van der Waals surface area (Å²) in [6, 6.07) is 12.8. The van der Waals surface area contributed by atoms with Gasteiger partial charge in [-0.05, 0) is 28.8 Å². The van der Waals surface area contributed by atoms with Crippen LogP contribution in [0.5, 0.6) is 0 Å². The summed E-state index contributed by atoms with van der Waals surface area (Å²) in [6.45, 7) is 2.16. The Morgan fingerprint density at radius 1 is 1.08 bits per heavy atom. The van der Waals surface area contributed by atoms with Crippen LogP contribution in [0, 0.1) is 6.92 Å². The zero-order valence-electron chi connectivity index (χ0n) is 7.62. The first-order valence-corrected chi connectivity index (χ1v) is 5.04. The molecule has 0 saturated heterocycles. The van der Waals surface area contributed by atoms with Crippen LogP contribution in [0.3, 0.4) is 0 Å². The van der Waals surface area contributed by atoms with Gasteiger partial charge in [0.1, 0.15) is 0 Å². The van der Waals surface area contributed by atoms with Crippen molar-refractivity contribution in [2.45, 2.75) is 12.7 Å². The van der Waals surface area contributed by atoms with Crippen LogP contribution in [0.1, 0.15) is 11.1 Å². The molecular weight excluding hydrogens is 176 g/mol. The molecule has 0 radical (unpaired) electrons. The first-order chi connectivity index (χ1) is 6.33. The summed E-state index contributed by atoms with van der Waals surface area (Å²) in [4.78, 5) is 0. The Balaban J connectivity index is 2.79. The fourth-order valence-corrected chi connectivity index (χ4v) is 1.99. The lowest BCUT2D eigenvalue weighted by Crippen LogP contribution is -1.86. The molecule has 0 amide bonds. The van der Waals surface area contributed by atoms with Crippen LogP contribution in [0.4, 0.5) is 0 Å². The normalized spacial score (nSPS) is 10.6. The minimum Gasteiger partial charge on any atom is -0.175 e. The van der Waals surface area contributed by atoms with E-state index in [-0.39, 0.29) is 0 Å². The van der Waals surface area contributed by atoms with Gasteiger partial charge in [-0.1, -0.05) is 36.4 Å². The number of hydrogen-bond acceptors (Lipinski definition) is 1. The lowest BCUT2D eigenvalue weighted by molar-refractivity contribution is 1.35. The van der Waals surface area contributed by atoms with Gasteiger partial charge in [-0.2, -0.15) is 12.6 Å². The SMILES string of the molecule is Cc1c(CS)ccc2ccccc12. The molecule has 0 bridgehead atoms. The monoisotopic (exact) mass is 188 g/mol. The van der Waals surface area contributed by atoms with Crippen molar-refractivity contribution in [1.82, 2.24) is 0 Å². The lowest BCUT2D eigenvalue weighted by Gasteiger charge is -2.06. The van der Waals surface area contributed by atoms with Crippen LogP contribution in [0.15, 0.2) is 36.4 Å². The van der Waals surface area contributed by atoms with Crippen molar-refractivity contribution in [3.05, 3.63) is 47.5 Å². The van der Waals surface area contributed by atoms with Crippen molar-refractivity contribution in [2.24, 2.45) is 0 Å². The third-order valence-electron chi connectivity index (χ3n) is 2.48. The number of thiol groups is 1. The van der Waals surface area contributed by atoms with E-state index in [1.165, 1.54) is 21.9 Å². The molecule has 0 aliphatic carbocycles.